The molecule has 3 atom stereocenters. The summed E-state index contributed by atoms with van der Waals surface area (Å²) in [5.41, 5.74) is 2.73. The Labute approximate surface area is 121 Å². The van der Waals surface area contributed by atoms with Gasteiger partial charge in [0.1, 0.15) is 0 Å². The summed E-state index contributed by atoms with van der Waals surface area (Å²) < 4.78 is 0. The molecule has 2 nitrogen and oxygen atoms in total. The Kier molecular flexibility index (Phi) is 3.59. The Hall–Kier alpha value is -0.570. The lowest BCUT2D eigenvalue weighted by atomic mass is 9.95. The molecule has 0 N–H and O–H groups in total. The van der Waals surface area contributed by atoms with E-state index in [0.29, 0.717) is 6.04 Å². The van der Waals surface area contributed by atoms with E-state index < -0.39 is 0 Å². The number of fused-ring (bicyclic) bond motifs is 1. The lowest BCUT2D eigenvalue weighted by molar-refractivity contribution is 0.210. The molecule has 2 heterocycles. The van der Waals surface area contributed by atoms with Crippen LogP contribution in [0.5, 0.6) is 0 Å². The number of aryl methyl sites for hydroxylation is 1. The van der Waals surface area contributed by atoms with Gasteiger partial charge >= 0.3 is 0 Å². The lowest BCUT2D eigenvalue weighted by Gasteiger charge is -2.26. The minimum Gasteiger partial charge on any atom is -0.306 e. The van der Waals surface area contributed by atoms with Crippen molar-refractivity contribution in [1.82, 2.24) is 9.80 Å². The van der Waals surface area contributed by atoms with Crippen LogP contribution >= 0.6 is 11.6 Å². The Morgan fingerprint density at radius 1 is 1.26 bits per heavy atom. The van der Waals surface area contributed by atoms with E-state index in [-0.39, 0.29) is 0 Å². The maximum absolute atomic E-state index is 6.04. The van der Waals surface area contributed by atoms with Crippen LogP contribution < -0.4 is 0 Å². The SMILES string of the molecule is Cc1cc(Cl)ccc1CN1CC2CN(C)CC2C1C. The van der Waals surface area contributed by atoms with Gasteiger partial charge in [-0.3, -0.25) is 4.90 Å². The molecule has 0 radical (unpaired) electrons. The number of hydrogen-bond acceptors (Lipinski definition) is 2. The Morgan fingerprint density at radius 3 is 2.74 bits per heavy atom. The van der Waals surface area contributed by atoms with Crippen LogP contribution in [0, 0.1) is 18.8 Å². The maximum Gasteiger partial charge on any atom is 0.0408 e. The molecule has 3 unspecified atom stereocenters. The second-order valence-corrected chi connectivity index (χ2v) is 6.82. The first-order valence-corrected chi connectivity index (χ1v) is 7.60. The molecule has 1 aromatic rings. The fourth-order valence-corrected chi connectivity index (χ4v) is 4.09. The predicted octanol–water partition coefficient (Wildman–Crippen LogP) is 3.03. The van der Waals surface area contributed by atoms with Crippen molar-refractivity contribution < 1.29 is 0 Å². The molecular formula is C16H23ClN2. The molecule has 3 rings (SSSR count). The van der Waals surface area contributed by atoms with Crippen LogP contribution in [0.3, 0.4) is 0 Å². The number of rotatable bonds is 2. The van der Waals surface area contributed by atoms with Gasteiger partial charge in [-0.05, 0) is 56.0 Å². The lowest BCUT2D eigenvalue weighted by Crippen LogP contribution is -2.33. The maximum atomic E-state index is 6.04. The van der Waals surface area contributed by atoms with E-state index in [0.717, 1.165) is 23.4 Å². The van der Waals surface area contributed by atoms with Crippen molar-refractivity contribution in [2.45, 2.75) is 26.4 Å². The Balaban J connectivity index is 1.71. The average Bonchev–Trinajstić information content (AvgIpc) is 2.83. The minimum absolute atomic E-state index is 0.699. The first kappa shape index (κ1) is 13.4. The Morgan fingerprint density at radius 2 is 2.05 bits per heavy atom. The zero-order chi connectivity index (χ0) is 13.6. The molecule has 2 aliphatic heterocycles. The van der Waals surface area contributed by atoms with Crippen LogP contribution in [-0.2, 0) is 6.54 Å². The second-order valence-electron chi connectivity index (χ2n) is 6.39. The molecule has 2 fully saturated rings. The van der Waals surface area contributed by atoms with Gasteiger partial charge in [0.05, 0.1) is 0 Å². The van der Waals surface area contributed by atoms with Crippen molar-refractivity contribution in [3.8, 4) is 0 Å². The molecule has 0 amide bonds. The van der Waals surface area contributed by atoms with E-state index in [4.69, 9.17) is 11.6 Å². The first-order valence-electron chi connectivity index (χ1n) is 7.22. The summed E-state index contributed by atoms with van der Waals surface area (Å²) in [5, 5.41) is 0.842. The van der Waals surface area contributed by atoms with Crippen LogP contribution in [0.25, 0.3) is 0 Å². The van der Waals surface area contributed by atoms with E-state index in [9.17, 15) is 0 Å². The van der Waals surface area contributed by atoms with Crippen molar-refractivity contribution in [3.63, 3.8) is 0 Å². The number of hydrogen-bond donors (Lipinski definition) is 0. The van der Waals surface area contributed by atoms with Crippen molar-refractivity contribution in [3.05, 3.63) is 34.3 Å². The highest BCUT2D eigenvalue weighted by atomic mass is 35.5. The van der Waals surface area contributed by atoms with Gasteiger partial charge in [0.2, 0.25) is 0 Å². The highest BCUT2D eigenvalue weighted by molar-refractivity contribution is 6.30. The summed E-state index contributed by atoms with van der Waals surface area (Å²) in [7, 11) is 2.25. The van der Waals surface area contributed by atoms with Crippen molar-refractivity contribution in [2.75, 3.05) is 26.7 Å². The zero-order valence-electron chi connectivity index (χ0n) is 12.1. The van der Waals surface area contributed by atoms with E-state index in [1.165, 1.54) is 30.8 Å². The van der Waals surface area contributed by atoms with Gasteiger partial charge in [-0.2, -0.15) is 0 Å². The predicted molar refractivity (Wildman–Crippen MR) is 80.5 cm³/mol. The molecule has 1 aromatic carbocycles. The third-order valence-corrected chi connectivity index (χ3v) is 5.25. The normalized spacial score (nSPS) is 31.9. The monoisotopic (exact) mass is 278 g/mol. The number of benzene rings is 1. The molecule has 0 aromatic heterocycles. The van der Waals surface area contributed by atoms with Crippen molar-refractivity contribution >= 4 is 11.6 Å². The van der Waals surface area contributed by atoms with Crippen LogP contribution in [0.1, 0.15) is 18.1 Å². The standard InChI is InChI=1S/C16H23ClN2/c1-11-6-15(17)5-4-13(11)8-19-9-14-7-18(3)10-16(14)12(19)2/h4-6,12,14,16H,7-10H2,1-3H3. The number of likely N-dealkylation sites (tertiary alicyclic amines) is 2. The fourth-order valence-electron chi connectivity index (χ4n) is 3.86. The quantitative estimate of drug-likeness (QED) is 0.821. The van der Waals surface area contributed by atoms with Gasteiger partial charge in [-0.15, -0.1) is 0 Å². The van der Waals surface area contributed by atoms with Gasteiger partial charge in [0.25, 0.3) is 0 Å². The molecular weight excluding hydrogens is 256 g/mol. The molecule has 0 aliphatic carbocycles. The van der Waals surface area contributed by atoms with E-state index in [2.05, 4.69) is 42.8 Å². The van der Waals surface area contributed by atoms with Crippen LogP contribution in [0.15, 0.2) is 18.2 Å². The third-order valence-electron chi connectivity index (χ3n) is 5.02. The largest absolute Gasteiger partial charge is 0.306 e. The van der Waals surface area contributed by atoms with Crippen molar-refractivity contribution in [2.24, 2.45) is 11.8 Å². The van der Waals surface area contributed by atoms with E-state index >= 15 is 0 Å². The van der Waals surface area contributed by atoms with Gasteiger partial charge in [-0.1, -0.05) is 17.7 Å². The summed E-state index contributed by atoms with van der Waals surface area (Å²) in [4.78, 5) is 5.13. The summed E-state index contributed by atoms with van der Waals surface area (Å²) >= 11 is 6.04. The highest BCUT2D eigenvalue weighted by Crippen LogP contribution is 2.36. The number of nitrogens with zero attached hydrogens (tertiary/aromatic N) is 2. The summed E-state index contributed by atoms with van der Waals surface area (Å²) in [6.45, 7) is 9.41. The zero-order valence-corrected chi connectivity index (χ0v) is 12.8. The average molecular weight is 279 g/mol. The van der Waals surface area contributed by atoms with Crippen LogP contribution in [-0.4, -0.2) is 42.5 Å². The smallest absolute Gasteiger partial charge is 0.0408 e. The molecule has 2 aliphatic rings. The molecule has 0 spiro atoms. The number of halogens is 1. The minimum atomic E-state index is 0.699. The van der Waals surface area contributed by atoms with E-state index in [1.807, 2.05) is 6.07 Å². The topological polar surface area (TPSA) is 6.48 Å². The second kappa shape index (κ2) is 5.08. The summed E-state index contributed by atoms with van der Waals surface area (Å²) in [5.74, 6) is 1.73. The van der Waals surface area contributed by atoms with Crippen LogP contribution in [0.2, 0.25) is 5.02 Å². The summed E-state index contributed by atoms with van der Waals surface area (Å²) in [6, 6.07) is 6.97. The van der Waals surface area contributed by atoms with E-state index in [1.54, 1.807) is 0 Å². The Bertz CT molecular complexity index is 474. The van der Waals surface area contributed by atoms with Gasteiger partial charge < -0.3 is 4.90 Å². The molecule has 104 valence electrons. The molecule has 19 heavy (non-hydrogen) atoms. The molecule has 0 saturated carbocycles. The van der Waals surface area contributed by atoms with Crippen LogP contribution in [0.4, 0.5) is 0 Å². The third kappa shape index (κ3) is 2.54. The molecule has 3 heteroatoms. The van der Waals surface area contributed by atoms with Gasteiger partial charge in [0, 0.05) is 37.2 Å². The van der Waals surface area contributed by atoms with Gasteiger partial charge in [0.15, 0.2) is 0 Å². The van der Waals surface area contributed by atoms with Crippen molar-refractivity contribution in [1.29, 1.82) is 0 Å². The highest BCUT2D eigenvalue weighted by Gasteiger charge is 2.43. The summed E-state index contributed by atoms with van der Waals surface area (Å²) in [6.07, 6.45) is 0. The van der Waals surface area contributed by atoms with Gasteiger partial charge in [-0.25, -0.2) is 0 Å². The fraction of sp³-hybridized carbons (Fsp3) is 0.625. The molecule has 2 saturated heterocycles. The molecule has 0 bridgehead atoms. The first-order chi connectivity index (χ1) is 9.04.